The molecule has 0 saturated carbocycles. The minimum atomic E-state index is 0.129. The van der Waals surface area contributed by atoms with Gasteiger partial charge in [-0.25, -0.2) is 9.97 Å². The van der Waals surface area contributed by atoms with Crippen molar-refractivity contribution in [2.24, 2.45) is 0 Å². The van der Waals surface area contributed by atoms with Gasteiger partial charge in [-0.05, 0) is 44.0 Å². The fourth-order valence-electron chi connectivity index (χ4n) is 3.77. The third kappa shape index (κ3) is 2.89. The second-order valence-electron chi connectivity index (χ2n) is 7.03. The normalized spacial score (nSPS) is 12.3. The zero-order valence-corrected chi connectivity index (χ0v) is 16.6. The fourth-order valence-corrected chi connectivity index (χ4v) is 3.77. The average Bonchev–Trinajstić information content (AvgIpc) is 2.98. The monoisotopic (exact) mass is 372 g/mol. The van der Waals surface area contributed by atoms with Crippen molar-refractivity contribution in [1.82, 2.24) is 14.5 Å². The summed E-state index contributed by atoms with van der Waals surface area (Å²) in [5.74, 6) is 1.87. The van der Waals surface area contributed by atoms with Crippen LogP contribution in [0.15, 0.2) is 54.6 Å². The van der Waals surface area contributed by atoms with E-state index in [4.69, 9.17) is 15.5 Å². The zero-order valence-electron chi connectivity index (χ0n) is 16.6. The minimum Gasteiger partial charge on any atom is -0.497 e. The molecular weight excluding hydrogens is 348 g/mol. The summed E-state index contributed by atoms with van der Waals surface area (Å²) >= 11 is 0. The molecule has 142 valence electrons. The van der Waals surface area contributed by atoms with Gasteiger partial charge in [-0.3, -0.25) is 0 Å². The van der Waals surface area contributed by atoms with Crippen LogP contribution >= 0.6 is 0 Å². The molecule has 0 fully saturated rings. The van der Waals surface area contributed by atoms with Gasteiger partial charge in [0.05, 0.1) is 18.5 Å². The number of anilines is 1. The lowest BCUT2D eigenvalue weighted by molar-refractivity contribution is 0.415. The zero-order chi connectivity index (χ0) is 19.8. The van der Waals surface area contributed by atoms with Gasteiger partial charge in [0.15, 0.2) is 5.82 Å². The Morgan fingerprint density at radius 2 is 1.75 bits per heavy atom. The van der Waals surface area contributed by atoms with Crippen LogP contribution in [-0.4, -0.2) is 21.6 Å². The van der Waals surface area contributed by atoms with Crippen LogP contribution in [0.25, 0.3) is 22.4 Å². The molecular formula is C23H24N4O. The van der Waals surface area contributed by atoms with E-state index in [0.29, 0.717) is 11.6 Å². The summed E-state index contributed by atoms with van der Waals surface area (Å²) < 4.78 is 7.60. The van der Waals surface area contributed by atoms with Crippen LogP contribution in [0.1, 0.15) is 29.8 Å². The predicted octanol–water partition coefficient (Wildman–Crippen LogP) is 4.92. The van der Waals surface area contributed by atoms with Gasteiger partial charge >= 0.3 is 0 Å². The summed E-state index contributed by atoms with van der Waals surface area (Å²) in [5.41, 5.74) is 11.6. The largest absolute Gasteiger partial charge is 0.497 e. The van der Waals surface area contributed by atoms with Gasteiger partial charge in [-0.2, -0.15) is 0 Å². The van der Waals surface area contributed by atoms with E-state index in [0.717, 1.165) is 33.6 Å². The van der Waals surface area contributed by atoms with E-state index in [1.165, 1.54) is 5.56 Å². The van der Waals surface area contributed by atoms with E-state index in [2.05, 4.69) is 54.6 Å². The van der Waals surface area contributed by atoms with Crippen molar-refractivity contribution in [2.45, 2.75) is 26.8 Å². The average molecular weight is 372 g/mol. The van der Waals surface area contributed by atoms with E-state index >= 15 is 0 Å². The predicted molar refractivity (Wildman–Crippen MR) is 114 cm³/mol. The Labute approximate surface area is 164 Å². The van der Waals surface area contributed by atoms with Crippen LogP contribution < -0.4 is 10.5 Å². The van der Waals surface area contributed by atoms with E-state index in [9.17, 15) is 0 Å². The Morgan fingerprint density at radius 1 is 1.00 bits per heavy atom. The van der Waals surface area contributed by atoms with Gasteiger partial charge < -0.3 is 15.0 Å². The highest BCUT2D eigenvalue weighted by molar-refractivity contribution is 5.92. The molecule has 0 aliphatic rings. The SMILES string of the molecule is COc1cccc(-c2nc(N)c3c(C)c(C)n([C@H](C)c4ccccc4)c3n2)c1. The number of hydrogen-bond acceptors (Lipinski definition) is 4. The molecule has 0 aliphatic carbocycles. The Hall–Kier alpha value is -3.34. The topological polar surface area (TPSA) is 66.0 Å². The van der Waals surface area contributed by atoms with Crippen LogP contribution in [0.4, 0.5) is 5.82 Å². The molecule has 0 unspecified atom stereocenters. The third-order valence-corrected chi connectivity index (χ3v) is 5.42. The highest BCUT2D eigenvalue weighted by atomic mass is 16.5. The number of nitrogen functional groups attached to an aromatic ring is 1. The van der Waals surface area contributed by atoms with Gasteiger partial charge in [-0.15, -0.1) is 0 Å². The maximum absolute atomic E-state index is 6.39. The van der Waals surface area contributed by atoms with E-state index in [1.54, 1.807) is 7.11 Å². The lowest BCUT2D eigenvalue weighted by Crippen LogP contribution is -2.10. The standard InChI is InChI=1S/C23H24N4O/c1-14-15(2)27(16(3)17-9-6-5-7-10-17)23-20(14)21(24)25-22(26-23)18-11-8-12-19(13-18)28-4/h5-13,16H,1-4H3,(H2,24,25,26)/t16-/m1/s1. The van der Waals surface area contributed by atoms with Gasteiger partial charge in [-0.1, -0.05) is 42.5 Å². The number of benzene rings is 2. The lowest BCUT2D eigenvalue weighted by atomic mass is 10.1. The van der Waals surface area contributed by atoms with Gasteiger partial charge in [0, 0.05) is 11.3 Å². The number of fused-ring (bicyclic) bond motifs is 1. The van der Waals surface area contributed by atoms with Gasteiger partial charge in [0.1, 0.15) is 17.2 Å². The summed E-state index contributed by atoms with van der Waals surface area (Å²) in [5, 5.41) is 0.923. The first-order valence-electron chi connectivity index (χ1n) is 9.35. The van der Waals surface area contributed by atoms with Crippen molar-refractivity contribution < 1.29 is 4.74 Å². The second kappa shape index (κ2) is 7.00. The third-order valence-electron chi connectivity index (χ3n) is 5.42. The molecule has 0 bridgehead atoms. The number of aromatic nitrogens is 3. The van der Waals surface area contributed by atoms with Crippen molar-refractivity contribution >= 4 is 16.9 Å². The molecule has 5 nitrogen and oxygen atoms in total. The molecule has 0 radical (unpaired) electrons. The molecule has 4 aromatic rings. The van der Waals surface area contributed by atoms with Crippen molar-refractivity contribution in [3.05, 3.63) is 71.4 Å². The molecule has 2 N–H and O–H groups in total. The summed E-state index contributed by atoms with van der Waals surface area (Å²) in [6.07, 6.45) is 0. The van der Waals surface area contributed by atoms with Crippen LogP contribution in [0, 0.1) is 13.8 Å². The second-order valence-corrected chi connectivity index (χ2v) is 7.03. The van der Waals surface area contributed by atoms with Crippen LogP contribution in [0.3, 0.4) is 0 Å². The molecule has 2 aromatic heterocycles. The molecule has 2 aromatic carbocycles. The van der Waals surface area contributed by atoms with Crippen molar-refractivity contribution in [3.8, 4) is 17.1 Å². The Bertz CT molecular complexity index is 1150. The maximum Gasteiger partial charge on any atom is 0.164 e. The summed E-state index contributed by atoms with van der Waals surface area (Å²) in [4.78, 5) is 9.52. The van der Waals surface area contributed by atoms with E-state index in [-0.39, 0.29) is 6.04 Å². The molecule has 0 saturated heterocycles. The van der Waals surface area contributed by atoms with Crippen molar-refractivity contribution in [2.75, 3.05) is 12.8 Å². The molecule has 0 aliphatic heterocycles. The summed E-state index contributed by atoms with van der Waals surface area (Å²) in [6.45, 7) is 6.38. The Balaban J connectivity index is 1.95. The number of nitrogens with two attached hydrogens (primary N) is 1. The highest BCUT2D eigenvalue weighted by Gasteiger charge is 2.21. The smallest absolute Gasteiger partial charge is 0.164 e. The Kier molecular flexibility index (Phi) is 4.51. The van der Waals surface area contributed by atoms with E-state index < -0.39 is 0 Å². The maximum atomic E-state index is 6.39. The van der Waals surface area contributed by atoms with Gasteiger partial charge in [0.25, 0.3) is 0 Å². The van der Waals surface area contributed by atoms with Gasteiger partial charge in [0.2, 0.25) is 0 Å². The summed E-state index contributed by atoms with van der Waals surface area (Å²) in [6, 6.07) is 18.3. The number of rotatable bonds is 4. The molecule has 1 atom stereocenters. The number of nitrogens with zero attached hydrogens (tertiary/aromatic N) is 3. The molecule has 2 heterocycles. The number of aryl methyl sites for hydroxylation is 1. The molecule has 0 amide bonds. The van der Waals surface area contributed by atoms with Crippen molar-refractivity contribution in [3.63, 3.8) is 0 Å². The van der Waals surface area contributed by atoms with Crippen LogP contribution in [-0.2, 0) is 0 Å². The van der Waals surface area contributed by atoms with Crippen molar-refractivity contribution in [1.29, 1.82) is 0 Å². The molecule has 4 rings (SSSR count). The highest BCUT2D eigenvalue weighted by Crippen LogP contribution is 2.34. The fraction of sp³-hybridized carbons (Fsp3) is 0.217. The van der Waals surface area contributed by atoms with E-state index in [1.807, 2.05) is 30.3 Å². The number of methoxy groups -OCH3 is 1. The van der Waals surface area contributed by atoms with Crippen LogP contribution in [0.5, 0.6) is 5.75 Å². The first-order valence-corrected chi connectivity index (χ1v) is 9.35. The Morgan fingerprint density at radius 3 is 2.46 bits per heavy atom. The molecule has 28 heavy (non-hydrogen) atoms. The first kappa shape index (κ1) is 18.0. The molecule has 5 heteroatoms. The quantitative estimate of drug-likeness (QED) is 0.552. The lowest BCUT2D eigenvalue weighted by Gasteiger charge is -2.18. The summed E-state index contributed by atoms with van der Waals surface area (Å²) in [7, 11) is 1.65. The first-order chi connectivity index (χ1) is 13.5. The molecule has 0 spiro atoms. The minimum absolute atomic E-state index is 0.129. The number of ether oxygens (including phenoxy) is 1. The number of hydrogen-bond donors (Lipinski definition) is 1. The van der Waals surface area contributed by atoms with Crippen LogP contribution in [0.2, 0.25) is 0 Å².